The summed E-state index contributed by atoms with van der Waals surface area (Å²) in [5.74, 6) is -0.0842. The molecule has 2 aromatic heterocycles. The summed E-state index contributed by atoms with van der Waals surface area (Å²) in [6, 6.07) is 71.5. The number of allylic oxidation sites excluding steroid dienone is 1. The summed E-state index contributed by atoms with van der Waals surface area (Å²) < 4.78 is 9.24. The van der Waals surface area contributed by atoms with Gasteiger partial charge in [-0.15, -0.1) is 0 Å². The van der Waals surface area contributed by atoms with E-state index in [0.717, 1.165) is 61.1 Å². The minimum Gasteiger partial charge on any atom is -0.456 e. The van der Waals surface area contributed by atoms with Crippen LogP contribution in [0.5, 0.6) is 0 Å². The number of nitrogens with one attached hydrogen (secondary N) is 1. The number of furan rings is 1. The van der Waals surface area contributed by atoms with Gasteiger partial charge in [0.25, 0.3) is 0 Å². The molecule has 3 heteroatoms. The highest BCUT2D eigenvalue weighted by molar-refractivity contribution is 6.15. The lowest BCUT2D eigenvalue weighted by molar-refractivity contribution is 0.667. The molecule has 1 aliphatic rings. The van der Waals surface area contributed by atoms with E-state index in [-0.39, 0.29) is 12.0 Å². The van der Waals surface area contributed by atoms with Gasteiger partial charge in [-0.1, -0.05) is 170 Å². The Labute approximate surface area is 331 Å². The van der Waals surface area contributed by atoms with Gasteiger partial charge in [0.15, 0.2) is 0 Å². The van der Waals surface area contributed by atoms with Crippen molar-refractivity contribution in [3.05, 3.63) is 235 Å². The Morgan fingerprint density at radius 3 is 1.86 bits per heavy atom. The predicted molar refractivity (Wildman–Crippen MR) is 237 cm³/mol. The Morgan fingerprint density at radius 2 is 1.11 bits per heavy atom. The maximum absolute atomic E-state index is 6.86. The maximum atomic E-state index is 6.86. The molecule has 3 nitrogen and oxygen atoms in total. The lowest BCUT2D eigenvalue weighted by Gasteiger charge is -2.39. The summed E-state index contributed by atoms with van der Waals surface area (Å²) in [5, 5.41) is 8.65. The molecule has 8 aromatic carbocycles. The van der Waals surface area contributed by atoms with Gasteiger partial charge in [0.2, 0.25) is 0 Å². The number of nitrogens with zero attached hydrogens (tertiary/aromatic N) is 1. The van der Waals surface area contributed by atoms with E-state index in [1.54, 1.807) is 0 Å². The molecule has 0 saturated carbocycles. The number of hydrogen-bond acceptors (Lipinski definition) is 2. The van der Waals surface area contributed by atoms with Crippen LogP contribution in [-0.2, 0) is 0 Å². The van der Waals surface area contributed by atoms with Crippen molar-refractivity contribution in [1.82, 2.24) is 9.88 Å². The monoisotopic (exact) mass is 730 g/mol. The van der Waals surface area contributed by atoms with Gasteiger partial charge in [0.1, 0.15) is 11.2 Å². The summed E-state index contributed by atoms with van der Waals surface area (Å²) >= 11 is 0. The van der Waals surface area contributed by atoms with Gasteiger partial charge in [-0.3, -0.25) is 0 Å². The summed E-state index contributed by atoms with van der Waals surface area (Å²) in [7, 11) is 0. The quantitative estimate of drug-likeness (QED) is 0.173. The van der Waals surface area contributed by atoms with E-state index in [4.69, 9.17) is 11.0 Å². The Balaban J connectivity index is 1.15. The van der Waals surface area contributed by atoms with E-state index < -0.39 is 0 Å². The van der Waals surface area contributed by atoms with Crippen LogP contribution >= 0.6 is 0 Å². The van der Waals surface area contributed by atoms with Crippen molar-refractivity contribution in [3.8, 4) is 16.8 Å². The zero-order valence-electron chi connectivity index (χ0n) is 31.3. The van der Waals surface area contributed by atoms with Crippen molar-refractivity contribution in [2.75, 3.05) is 0 Å². The molecule has 270 valence electrons. The molecule has 1 aliphatic heterocycles. The van der Waals surface area contributed by atoms with E-state index >= 15 is 0 Å². The van der Waals surface area contributed by atoms with Crippen LogP contribution in [0.2, 0.25) is 0 Å². The minimum atomic E-state index is -0.0842. The fraction of sp³-hybridized carbons (Fsp3) is 0.0370. The van der Waals surface area contributed by atoms with Gasteiger partial charge in [-0.2, -0.15) is 0 Å². The molecule has 0 saturated heterocycles. The van der Waals surface area contributed by atoms with Gasteiger partial charge in [-0.25, -0.2) is 0 Å². The summed E-state index contributed by atoms with van der Waals surface area (Å²) in [5.41, 5.74) is 15.6. The fourth-order valence-electron chi connectivity index (χ4n) is 9.15. The van der Waals surface area contributed by atoms with Crippen molar-refractivity contribution in [2.24, 2.45) is 0 Å². The molecule has 10 aromatic rings. The second-order valence-corrected chi connectivity index (χ2v) is 15.0. The third-order valence-electron chi connectivity index (χ3n) is 11.7. The molecular weight excluding hydrogens is 693 g/mol. The molecule has 2 unspecified atom stereocenters. The molecule has 0 bridgehead atoms. The first-order valence-electron chi connectivity index (χ1n) is 19.6. The molecule has 0 amide bonds. The van der Waals surface area contributed by atoms with Crippen molar-refractivity contribution >= 4 is 55.0 Å². The van der Waals surface area contributed by atoms with Gasteiger partial charge in [-0.05, 0) is 74.9 Å². The summed E-state index contributed by atoms with van der Waals surface area (Å²) in [6.07, 6.45) is 0. The second kappa shape index (κ2) is 13.4. The molecule has 11 rings (SSSR count). The van der Waals surface area contributed by atoms with E-state index in [1.165, 1.54) is 38.6 Å². The van der Waals surface area contributed by atoms with Crippen LogP contribution in [0.4, 0.5) is 0 Å². The van der Waals surface area contributed by atoms with Crippen LogP contribution in [0, 0.1) is 0 Å². The van der Waals surface area contributed by atoms with E-state index in [2.05, 4.69) is 210 Å². The predicted octanol–water partition coefficient (Wildman–Crippen LogP) is 13.9. The van der Waals surface area contributed by atoms with Crippen LogP contribution in [0.3, 0.4) is 0 Å². The number of aromatic nitrogens is 1. The molecule has 2 atom stereocenters. The Bertz CT molecular complexity index is 3160. The first-order valence-corrected chi connectivity index (χ1v) is 19.6. The Hall–Kier alpha value is -7.36. The van der Waals surface area contributed by atoms with Crippen LogP contribution < -0.4 is 5.32 Å². The van der Waals surface area contributed by atoms with Crippen LogP contribution in [0.25, 0.3) is 71.8 Å². The SMILES string of the molecule is C=C1C(c2ccccc2)NC(c2ccccc2)=C(c2cccc3oc4cc(-n5c6ccccc6c6ccc(-c7ccccc7)cc65)ccc4c23)C1c1ccccc1. The average Bonchev–Trinajstić information content (AvgIpc) is 3.82. The lowest BCUT2D eigenvalue weighted by atomic mass is 9.73. The molecule has 3 heterocycles. The number of para-hydroxylation sites is 1. The van der Waals surface area contributed by atoms with Crippen molar-refractivity contribution in [3.63, 3.8) is 0 Å². The molecule has 57 heavy (non-hydrogen) atoms. The zero-order chi connectivity index (χ0) is 37.9. The normalized spacial score (nSPS) is 15.8. The summed E-state index contributed by atoms with van der Waals surface area (Å²) in [4.78, 5) is 0. The largest absolute Gasteiger partial charge is 0.456 e. The zero-order valence-corrected chi connectivity index (χ0v) is 31.3. The van der Waals surface area contributed by atoms with E-state index in [9.17, 15) is 0 Å². The smallest absolute Gasteiger partial charge is 0.137 e. The lowest BCUT2D eigenvalue weighted by Crippen LogP contribution is -2.31. The van der Waals surface area contributed by atoms with E-state index in [0.29, 0.717) is 0 Å². The van der Waals surface area contributed by atoms with Crippen molar-refractivity contribution < 1.29 is 4.42 Å². The number of benzene rings is 8. The van der Waals surface area contributed by atoms with Gasteiger partial charge in [0.05, 0.1) is 17.1 Å². The second-order valence-electron chi connectivity index (χ2n) is 15.0. The van der Waals surface area contributed by atoms with Crippen molar-refractivity contribution in [2.45, 2.75) is 12.0 Å². The first-order chi connectivity index (χ1) is 28.2. The van der Waals surface area contributed by atoms with Crippen LogP contribution in [-0.4, -0.2) is 4.57 Å². The topological polar surface area (TPSA) is 30.1 Å². The van der Waals surface area contributed by atoms with Gasteiger partial charge in [0, 0.05) is 44.9 Å². The summed E-state index contributed by atoms with van der Waals surface area (Å²) in [6.45, 7) is 4.86. The Kier molecular flexibility index (Phi) is 7.78. The highest BCUT2D eigenvalue weighted by Gasteiger charge is 2.36. The molecule has 0 radical (unpaired) electrons. The van der Waals surface area contributed by atoms with Crippen LogP contribution in [0.15, 0.2) is 217 Å². The molecule has 1 N–H and O–H groups in total. The molecule has 0 spiro atoms. The number of fused-ring (bicyclic) bond motifs is 6. The first kappa shape index (κ1) is 33.0. The molecule has 0 aliphatic carbocycles. The number of hydrogen-bond donors (Lipinski definition) is 1. The fourth-order valence-corrected chi connectivity index (χ4v) is 9.15. The highest BCUT2D eigenvalue weighted by Crippen LogP contribution is 2.51. The third kappa shape index (κ3) is 5.43. The molecule has 0 fully saturated rings. The van der Waals surface area contributed by atoms with Gasteiger partial charge >= 0.3 is 0 Å². The Morgan fingerprint density at radius 1 is 0.474 bits per heavy atom. The van der Waals surface area contributed by atoms with Gasteiger partial charge < -0.3 is 14.3 Å². The number of rotatable bonds is 6. The van der Waals surface area contributed by atoms with Crippen molar-refractivity contribution in [1.29, 1.82) is 0 Å². The maximum Gasteiger partial charge on any atom is 0.137 e. The van der Waals surface area contributed by atoms with E-state index in [1.807, 2.05) is 0 Å². The average molecular weight is 731 g/mol. The van der Waals surface area contributed by atoms with Crippen LogP contribution in [0.1, 0.15) is 34.2 Å². The third-order valence-corrected chi connectivity index (χ3v) is 11.7. The highest BCUT2D eigenvalue weighted by atomic mass is 16.3. The minimum absolute atomic E-state index is 0.0770. The molecular formula is C54H38N2O. The standard InChI is InChI=1S/C54H38N2O/c1-35-50(37-19-8-3-9-20-37)52(54(39-23-12-5-13-24-39)55-53(35)38-21-10-4-11-22-38)45-26-16-28-48-51(45)44-32-30-41(34-49(44)57-48)56-46-27-15-14-25-42(46)43-31-29-40(33-47(43)56)36-17-6-2-7-18-36/h2-34,50,53,55H,1H2.